The highest BCUT2D eigenvalue weighted by molar-refractivity contribution is 9.10. The van der Waals surface area contributed by atoms with Crippen LogP contribution in [0.25, 0.3) is 0 Å². The van der Waals surface area contributed by atoms with E-state index in [9.17, 15) is 12.8 Å². The van der Waals surface area contributed by atoms with Crippen LogP contribution in [-0.2, 0) is 10.0 Å². The molecular weight excluding hydrogens is 299 g/mol. The molecule has 0 fully saturated rings. The van der Waals surface area contributed by atoms with Crippen LogP contribution in [0.1, 0.15) is 6.92 Å². The van der Waals surface area contributed by atoms with Gasteiger partial charge in [0.05, 0.1) is 11.0 Å². The predicted octanol–water partition coefficient (Wildman–Crippen LogP) is 1.78. The van der Waals surface area contributed by atoms with E-state index >= 15 is 0 Å². The zero-order valence-electron chi connectivity index (χ0n) is 8.24. The van der Waals surface area contributed by atoms with E-state index < -0.39 is 21.9 Å². The minimum absolute atomic E-state index is 0.227. The summed E-state index contributed by atoms with van der Waals surface area (Å²) in [4.78, 5) is -0.227. The van der Waals surface area contributed by atoms with Gasteiger partial charge in [-0.25, -0.2) is 12.8 Å². The fourth-order valence-corrected chi connectivity index (χ4v) is 3.13. The van der Waals surface area contributed by atoms with Crippen molar-refractivity contribution in [2.45, 2.75) is 17.9 Å². The van der Waals surface area contributed by atoms with Crippen molar-refractivity contribution in [1.82, 2.24) is 4.72 Å². The Morgan fingerprint density at radius 3 is 2.75 bits per heavy atom. The molecule has 0 spiro atoms. The number of rotatable bonds is 3. The van der Waals surface area contributed by atoms with E-state index in [4.69, 9.17) is 5.26 Å². The Hall–Kier alpha value is -0.970. The van der Waals surface area contributed by atoms with Crippen LogP contribution in [0.4, 0.5) is 4.39 Å². The molecule has 1 N–H and O–H groups in total. The SMILES string of the molecule is C[C@@H](C#N)NS(=O)(=O)c1cc(F)ccc1Br. The summed E-state index contributed by atoms with van der Waals surface area (Å²) in [5.41, 5.74) is 0. The molecule has 0 bridgehead atoms. The van der Waals surface area contributed by atoms with Crippen molar-refractivity contribution in [2.24, 2.45) is 0 Å². The van der Waals surface area contributed by atoms with Crippen LogP contribution in [0.15, 0.2) is 27.6 Å². The molecule has 16 heavy (non-hydrogen) atoms. The zero-order valence-corrected chi connectivity index (χ0v) is 10.6. The number of nitrogens with one attached hydrogen (secondary N) is 1. The average molecular weight is 307 g/mol. The summed E-state index contributed by atoms with van der Waals surface area (Å²) in [5.74, 6) is -0.659. The molecule has 0 radical (unpaired) electrons. The van der Waals surface area contributed by atoms with Gasteiger partial charge in [0.1, 0.15) is 11.9 Å². The zero-order chi connectivity index (χ0) is 12.3. The van der Waals surface area contributed by atoms with Crippen LogP contribution in [0, 0.1) is 17.1 Å². The molecule has 0 aromatic heterocycles. The average Bonchev–Trinajstić information content (AvgIpc) is 2.20. The van der Waals surface area contributed by atoms with Crippen LogP contribution in [0.5, 0.6) is 0 Å². The van der Waals surface area contributed by atoms with Crippen molar-refractivity contribution >= 4 is 26.0 Å². The lowest BCUT2D eigenvalue weighted by molar-refractivity contribution is 0.572. The molecule has 0 unspecified atom stereocenters. The van der Waals surface area contributed by atoms with Crippen LogP contribution < -0.4 is 4.72 Å². The molecule has 0 heterocycles. The molecule has 0 aliphatic rings. The molecule has 0 aliphatic heterocycles. The van der Waals surface area contributed by atoms with Crippen LogP contribution in [-0.4, -0.2) is 14.5 Å². The molecule has 1 atom stereocenters. The second-order valence-corrected chi connectivity index (χ2v) is 5.58. The van der Waals surface area contributed by atoms with Gasteiger partial charge in [-0.2, -0.15) is 9.98 Å². The molecule has 86 valence electrons. The van der Waals surface area contributed by atoms with Crippen molar-refractivity contribution in [3.63, 3.8) is 0 Å². The van der Waals surface area contributed by atoms with Gasteiger partial charge >= 0.3 is 0 Å². The van der Waals surface area contributed by atoms with Gasteiger partial charge in [0.25, 0.3) is 0 Å². The Kier molecular flexibility index (Phi) is 4.02. The molecule has 0 saturated heterocycles. The lowest BCUT2D eigenvalue weighted by atomic mass is 10.3. The maximum Gasteiger partial charge on any atom is 0.242 e. The molecule has 0 aliphatic carbocycles. The summed E-state index contributed by atoms with van der Waals surface area (Å²) in [6.45, 7) is 1.39. The second kappa shape index (κ2) is 4.91. The molecule has 4 nitrogen and oxygen atoms in total. The van der Waals surface area contributed by atoms with Gasteiger partial charge in [0, 0.05) is 4.47 Å². The monoisotopic (exact) mass is 306 g/mol. The normalized spacial score (nSPS) is 13.1. The van der Waals surface area contributed by atoms with Gasteiger partial charge in [-0.05, 0) is 41.1 Å². The molecule has 1 rings (SSSR count). The Bertz CT molecular complexity index is 539. The van der Waals surface area contributed by atoms with E-state index in [0.717, 1.165) is 12.1 Å². The topological polar surface area (TPSA) is 70.0 Å². The number of halogens is 2. The number of nitriles is 1. The molecule has 0 amide bonds. The lowest BCUT2D eigenvalue weighted by Gasteiger charge is -2.09. The van der Waals surface area contributed by atoms with E-state index in [1.807, 2.05) is 0 Å². The Labute approximate surface area is 101 Å². The first-order valence-corrected chi connectivity index (χ1v) is 6.51. The summed E-state index contributed by atoms with van der Waals surface area (Å²) in [6, 6.07) is 4.16. The van der Waals surface area contributed by atoms with Gasteiger partial charge in [-0.3, -0.25) is 0 Å². The smallest absolute Gasteiger partial charge is 0.207 e. The molecular formula is C9H8BrFN2O2S. The minimum atomic E-state index is -3.88. The Morgan fingerprint density at radius 1 is 1.56 bits per heavy atom. The van der Waals surface area contributed by atoms with Gasteiger partial charge in [0.2, 0.25) is 10.0 Å². The number of hydrogen-bond donors (Lipinski definition) is 1. The van der Waals surface area contributed by atoms with E-state index in [0.29, 0.717) is 0 Å². The summed E-state index contributed by atoms with van der Waals surface area (Å²) in [6.07, 6.45) is 0. The second-order valence-electron chi connectivity index (χ2n) is 3.05. The van der Waals surface area contributed by atoms with E-state index in [-0.39, 0.29) is 9.37 Å². The standard InChI is InChI=1S/C9H8BrFN2O2S/c1-6(5-12)13-16(14,15)9-4-7(11)2-3-8(9)10/h2-4,6,13H,1H3/t6-/m0/s1. The highest BCUT2D eigenvalue weighted by Crippen LogP contribution is 2.22. The molecule has 0 saturated carbocycles. The fourth-order valence-electron chi connectivity index (χ4n) is 1.01. The highest BCUT2D eigenvalue weighted by atomic mass is 79.9. The first-order valence-electron chi connectivity index (χ1n) is 4.24. The number of sulfonamides is 1. The number of benzene rings is 1. The maximum absolute atomic E-state index is 12.9. The number of hydrogen-bond acceptors (Lipinski definition) is 3. The lowest BCUT2D eigenvalue weighted by Crippen LogP contribution is -2.31. The first kappa shape index (κ1) is 13.1. The summed E-state index contributed by atoms with van der Waals surface area (Å²) in [5, 5.41) is 8.51. The highest BCUT2D eigenvalue weighted by Gasteiger charge is 2.20. The quantitative estimate of drug-likeness (QED) is 0.925. The molecule has 1 aromatic carbocycles. The van der Waals surface area contributed by atoms with Crippen molar-refractivity contribution in [2.75, 3.05) is 0 Å². The molecule has 1 aromatic rings. The maximum atomic E-state index is 12.9. The third kappa shape index (κ3) is 3.01. The van der Waals surface area contributed by atoms with Crippen LogP contribution >= 0.6 is 15.9 Å². The minimum Gasteiger partial charge on any atom is -0.207 e. The third-order valence-electron chi connectivity index (χ3n) is 1.71. The summed E-state index contributed by atoms with van der Waals surface area (Å²) < 4.78 is 38.7. The van der Waals surface area contributed by atoms with Gasteiger partial charge in [-0.1, -0.05) is 0 Å². The van der Waals surface area contributed by atoms with Crippen molar-refractivity contribution < 1.29 is 12.8 Å². The van der Waals surface area contributed by atoms with Crippen molar-refractivity contribution in [3.8, 4) is 6.07 Å². The van der Waals surface area contributed by atoms with Crippen molar-refractivity contribution in [1.29, 1.82) is 5.26 Å². The van der Waals surface area contributed by atoms with Crippen LogP contribution in [0.2, 0.25) is 0 Å². The van der Waals surface area contributed by atoms with Crippen LogP contribution in [0.3, 0.4) is 0 Å². The molecule has 7 heteroatoms. The predicted molar refractivity (Wildman–Crippen MR) is 59.5 cm³/mol. The number of nitrogens with zero attached hydrogens (tertiary/aromatic N) is 1. The van der Waals surface area contributed by atoms with Gasteiger partial charge in [-0.15, -0.1) is 0 Å². The summed E-state index contributed by atoms with van der Waals surface area (Å²) in [7, 11) is -3.88. The Balaban J connectivity index is 3.18. The fraction of sp³-hybridized carbons (Fsp3) is 0.222. The third-order valence-corrected chi connectivity index (χ3v) is 4.24. The van der Waals surface area contributed by atoms with E-state index in [2.05, 4.69) is 20.7 Å². The van der Waals surface area contributed by atoms with Gasteiger partial charge < -0.3 is 0 Å². The van der Waals surface area contributed by atoms with Crippen molar-refractivity contribution in [3.05, 3.63) is 28.5 Å². The van der Waals surface area contributed by atoms with E-state index in [1.54, 1.807) is 6.07 Å². The summed E-state index contributed by atoms with van der Waals surface area (Å²) >= 11 is 3.01. The largest absolute Gasteiger partial charge is 0.242 e. The first-order chi connectivity index (χ1) is 7.36. The Morgan fingerprint density at radius 2 is 2.19 bits per heavy atom. The van der Waals surface area contributed by atoms with Gasteiger partial charge in [0.15, 0.2) is 0 Å². The van der Waals surface area contributed by atoms with E-state index in [1.165, 1.54) is 13.0 Å².